The summed E-state index contributed by atoms with van der Waals surface area (Å²) in [4.78, 5) is 8.53. The normalized spacial score (nSPS) is 10.7. The average Bonchev–Trinajstić information content (AvgIpc) is 2.64. The topological polar surface area (TPSA) is 25.8 Å². The Morgan fingerprint density at radius 3 is 1.89 bits per heavy atom. The van der Waals surface area contributed by atoms with Crippen LogP contribution in [0.1, 0.15) is 18.1 Å². The maximum atomic E-state index is 6.06. The highest BCUT2D eigenvalue weighted by atomic mass is 79.9. The summed E-state index contributed by atoms with van der Waals surface area (Å²) >= 11 is 19.1. The minimum absolute atomic E-state index is 0.741. The van der Waals surface area contributed by atoms with Crippen LogP contribution in [-0.4, -0.2) is 9.97 Å². The van der Waals surface area contributed by atoms with Crippen molar-refractivity contribution in [1.82, 2.24) is 9.97 Å². The van der Waals surface area contributed by atoms with E-state index in [1.807, 2.05) is 31.2 Å². The largest absolute Gasteiger partial charge is 0.256 e. The average molecular weight is 527 g/mol. The minimum atomic E-state index is 0.741. The van der Waals surface area contributed by atoms with Gasteiger partial charge >= 0.3 is 0 Å². The van der Waals surface area contributed by atoms with Crippen molar-refractivity contribution in [2.24, 2.45) is 0 Å². The third kappa shape index (κ3) is 4.62. The van der Waals surface area contributed by atoms with Crippen molar-refractivity contribution < 1.29 is 0 Å². The second-order valence-electron chi connectivity index (χ2n) is 6.02. The van der Waals surface area contributed by atoms with E-state index in [2.05, 4.69) is 54.8 Å². The van der Waals surface area contributed by atoms with Gasteiger partial charge in [0.15, 0.2) is 0 Å². The SMILES string of the molecule is CCc1cc2nccc(Cl)c2cc1Br.Cc1cc2nccc(Cl)c2cc1Br. The zero-order valence-corrected chi connectivity index (χ0v) is 19.4. The van der Waals surface area contributed by atoms with Crippen LogP contribution in [0.5, 0.6) is 0 Å². The molecule has 2 heterocycles. The van der Waals surface area contributed by atoms with E-state index in [9.17, 15) is 0 Å². The number of nitrogens with zero attached hydrogens (tertiary/aromatic N) is 2. The lowest BCUT2D eigenvalue weighted by molar-refractivity contribution is 1.13. The number of hydrogen-bond donors (Lipinski definition) is 0. The summed E-state index contributed by atoms with van der Waals surface area (Å²) in [5, 5.41) is 3.48. The highest BCUT2D eigenvalue weighted by Crippen LogP contribution is 2.28. The van der Waals surface area contributed by atoms with Crippen molar-refractivity contribution in [2.45, 2.75) is 20.3 Å². The van der Waals surface area contributed by atoms with Gasteiger partial charge in [-0.2, -0.15) is 0 Å². The number of rotatable bonds is 1. The second kappa shape index (κ2) is 8.87. The summed E-state index contributed by atoms with van der Waals surface area (Å²) in [6.45, 7) is 4.16. The van der Waals surface area contributed by atoms with Crippen LogP contribution in [0.3, 0.4) is 0 Å². The van der Waals surface area contributed by atoms with Gasteiger partial charge in [-0.25, -0.2) is 0 Å². The molecule has 0 atom stereocenters. The van der Waals surface area contributed by atoms with Crippen LogP contribution >= 0.6 is 55.1 Å². The van der Waals surface area contributed by atoms with E-state index in [4.69, 9.17) is 23.2 Å². The van der Waals surface area contributed by atoms with Gasteiger partial charge in [-0.05, 0) is 60.9 Å². The van der Waals surface area contributed by atoms with Gasteiger partial charge in [-0.1, -0.05) is 62.0 Å². The molecule has 0 aliphatic carbocycles. The van der Waals surface area contributed by atoms with Crippen molar-refractivity contribution in [1.29, 1.82) is 0 Å². The molecule has 0 aliphatic heterocycles. The van der Waals surface area contributed by atoms with Gasteiger partial charge in [0.2, 0.25) is 0 Å². The standard InChI is InChI=1S/C11H9BrClN.C10H7BrClN/c1-2-7-5-11-8(6-9(7)12)10(13)3-4-14-11;1-6-4-10-7(5-8(6)11)9(12)2-3-13-10/h3-6H,2H2,1H3;2-5H,1H3. The third-order valence-electron chi connectivity index (χ3n) is 4.21. The number of fused-ring (bicyclic) bond motifs is 2. The predicted molar refractivity (Wildman–Crippen MR) is 123 cm³/mol. The Morgan fingerprint density at radius 2 is 1.33 bits per heavy atom. The monoisotopic (exact) mass is 524 g/mol. The highest BCUT2D eigenvalue weighted by Gasteiger charge is 2.04. The molecule has 0 amide bonds. The fourth-order valence-electron chi connectivity index (χ4n) is 2.68. The zero-order chi connectivity index (χ0) is 19.6. The van der Waals surface area contributed by atoms with Gasteiger partial charge in [-0.15, -0.1) is 0 Å². The van der Waals surface area contributed by atoms with Crippen LogP contribution in [-0.2, 0) is 6.42 Å². The van der Waals surface area contributed by atoms with Gasteiger partial charge in [0.1, 0.15) is 0 Å². The van der Waals surface area contributed by atoms with Crippen molar-refractivity contribution in [3.05, 3.63) is 78.9 Å². The molecule has 0 N–H and O–H groups in total. The molecule has 0 saturated heterocycles. The molecule has 2 aromatic carbocycles. The molecule has 27 heavy (non-hydrogen) atoms. The Hall–Kier alpha value is -1.20. The summed E-state index contributed by atoms with van der Waals surface area (Å²) < 4.78 is 2.16. The Balaban J connectivity index is 0.000000156. The van der Waals surface area contributed by atoms with Crippen LogP contribution in [0.25, 0.3) is 21.8 Å². The number of aromatic nitrogens is 2. The van der Waals surface area contributed by atoms with Crippen LogP contribution < -0.4 is 0 Å². The molecule has 0 unspecified atom stereocenters. The molecule has 4 aromatic rings. The maximum Gasteiger partial charge on any atom is 0.0720 e. The first-order valence-electron chi connectivity index (χ1n) is 8.33. The Morgan fingerprint density at radius 1 is 0.815 bits per heavy atom. The molecule has 0 spiro atoms. The molecule has 138 valence electrons. The van der Waals surface area contributed by atoms with Crippen LogP contribution in [0.4, 0.5) is 0 Å². The molecule has 0 bridgehead atoms. The molecule has 0 saturated carbocycles. The molecule has 0 aliphatic rings. The molecule has 2 nitrogen and oxygen atoms in total. The summed E-state index contributed by atoms with van der Waals surface area (Å²) in [7, 11) is 0. The van der Waals surface area contributed by atoms with Gasteiger partial charge in [-0.3, -0.25) is 9.97 Å². The van der Waals surface area contributed by atoms with E-state index in [0.717, 1.165) is 47.2 Å². The summed E-state index contributed by atoms with van der Waals surface area (Å²) in [6, 6.07) is 11.7. The Bertz CT molecular complexity index is 1130. The Labute approximate surface area is 185 Å². The lowest BCUT2D eigenvalue weighted by Crippen LogP contribution is -1.86. The first kappa shape index (κ1) is 20.5. The van der Waals surface area contributed by atoms with Gasteiger partial charge in [0.25, 0.3) is 0 Å². The van der Waals surface area contributed by atoms with Crippen molar-refractivity contribution in [3.63, 3.8) is 0 Å². The number of benzene rings is 2. The van der Waals surface area contributed by atoms with Crippen molar-refractivity contribution >= 4 is 76.9 Å². The summed E-state index contributed by atoms with van der Waals surface area (Å²) in [5.41, 5.74) is 4.32. The first-order chi connectivity index (χ1) is 12.9. The van der Waals surface area contributed by atoms with Gasteiger partial charge < -0.3 is 0 Å². The molecular weight excluding hydrogens is 511 g/mol. The molecule has 0 fully saturated rings. The predicted octanol–water partition coefficient (Wildman–Crippen LogP) is 8.17. The number of hydrogen-bond acceptors (Lipinski definition) is 2. The minimum Gasteiger partial charge on any atom is -0.256 e. The van der Waals surface area contributed by atoms with Crippen molar-refractivity contribution in [2.75, 3.05) is 0 Å². The highest BCUT2D eigenvalue weighted by molar-refractivity contribution is 9.10. The summed E-state index contributed by atoms with van der Waals surface area (Å²) in [6.07, 6.45) is 4.45. The lowest BCUT2D eigenvalue weighted by atomic mass is 10.1. The Kier molecular flexibility index (Phi) is 6.74. The van der Waals surface area contributed by atoms with E-state index >= 15 is 0 Å². The van der Waals surface area contributed by atoms with Crippen LogP contribution in [0, 0.1) is 6.92 Å². The lowest BCUT2D eigenvalue weighted by Gasteiger charge is -2.04. The second-order valence-corrected chi connectivity index (χ2v) is 8.54. The quantitative estimate of drug-likeness (QED) is 0.250. The van der Waals surface area contributed by atoms with Crippen LogP contribution in [0.15, 0.2) is 57.7 Å². The maximum absolute atomic E-state index is 6.06. The zero-order valence-electron chi connectivity index (χ0n) is 14.7. The molecule has 6 heteroatoms. The first-order valence-corrected chi connectivity index (χ1v) is 10.7. The number of pyridine rings is 2. The van der Waals surface area contributed by atoms with Crippen LogP contribution in [0.2, 0.25) is 10.0 Å². The molecule has 0 radical (unpaired) electrons. The van der Waals surface area contributed by atoms with E-state index < -0.39 is 0 Å². The molecular formula is C21H16Br2Cl2N2. The number of halogens is 4. The summed E-state index contributed by atoms with van der Waals surface area (Å²) in [5.74, 6) is 0. The van der Waals surface area contributed by atoms with E-state index in [0.29, 0.717) is 0 Å². The smallest absolute Gasteiger partial charge is 0.0720 e. The van der Waals surface area contributed by atoms with Gasteiger partial charge in [0.05, 0.1) is 21.1 Å². The third-order valence-corrected chi connectivity index (χ3v) is 6.46. The van der Waals surface area contributed by atoms with E-state index in [-0.39, 0.29) is 0 Å². The van der Waals surface area contributed by atoms with E-state index in [1.165, 1.54) is 11.1 Å². The molecule has 4 rings (SSSR count). The fourth-order valence-corrected chi connectivity index (χ4v) is 4.07. The fraction of sp³-hybridized carbons (Fsp3) is 0.143. The van der Waals surface area contributed by atoms with Gasteiger partial charge in [0, 0.05) is 32.1 Å². The number of aryl methyl sites for hydroxylation is 2. The van der Waals surface area contributed by atoms with E-state index in [1.54, 1.807) is 18.5 Å². The molecule has 2 aromatic heterocycles. The van der Waals surface area contributed by atoms with Crippen molar-refractivity contribution in [3.8, 4) is 0 Å².